The SMILES string of the molecule is CCOC(=O)c1ccc(S(=O)(=O)N(C)CC(=O)Nc2ccc(F)cc2)cc1. The van der Waals surface area contributed by atoms with Gasteiger partial charge >= 0.3 is 5.97 Å². The fourth-order valence-electron chi connectivity index (χ4n) is 2.18. The van der Waals surface area contributed by atoms with Crippen molar-refractivity contribution in [1.82, 2.24) is 4.31 Å². The molecule has 0 aliphatic heterocycles. The number of esters is 1. The van der Waals surface area contributed by atoms with Crippen LogP contribution in [0, 0.1) is 5.82 Å². The molecule has 2 rings (SSSR count). The van der Waals surface area contributed by atoms with Gasteiger partial charge in [0.05, 0.1) is 23.6 Å². The summed E-state index contributed by atoms with van der Waals surface area (Å²) in [5.74, 6) is -1.57. The quantitative estimate of drug-likeness (QED) is 0.727. The first kappa shape index (κ1) is 20.5. The Morgan fingerprint density at radius 2 is 1.67 bits per heavy atom. The van der Waals surface area contributed by atoms with E-state index in [4.69, 9.17) is 4.74 Å². The number of carbonyl (C=O) groups excluding carboxylic acids is 2. The molecule has 0 aliphatic rings. The average molecular weight is 394 g/mol. The Labute approximate surface area is 156 Å². The highest BCUT2D eigenvalue weighted by atomic mass is 32.2. The largest absolute Gasteiger partial charge is 0.462 e. The summed E-state index contributed by atoms with van der Waals surface area (Å²) in [4.78, 5) is 23.6. The smallest absolute Gasteiger partial charge is 0.338 e. The second-order valence-corrected chi connectivity index (χ2v) is 7.61. The number of halogens is 1. The lowest BCUT2D eigenvalue weighted by Gasteiger charge is -2.17. The van der Waals surface area contributed by atoms with Crippen molar-refractivity contribution in [2.75, 3.05) is 25.5 Å². The van der Waals surface area contributed by atoms with E-state index in [-0.39, 0.29) is 17.1 Å². The summed E-state index contributed by atoms with van der Waals surface area (Å²) in [7, 11) is -2.66. The van der Waals surface area contributed by atoms with Crippen molar-refractivity contribution in [3.63, 3.8) is 0 Å². The number of anilines is 1. The van der Waals surface area contributed by atoms with Crippen molar-refractivity contribution < 1.29 is 27.1 Å². The van der Waals surface area contributed by atoms with Gasteiger partial charge in [-0.15, -0.1) is 0 Å². The van der Waals surface area contributed by atoms with Crippen LogP contribution in [0.3, 0.4) is 0 Å². The van der Waals surface area contributed by atoms with E-state index in [0.717, 1.165) is 4.31 Å². The zero-order chi connectivity index (χ0) is 20.0. The van der Waals surface area contributed by atoms with Gasteiger partial charge in [-0.2, -0.15) is 4.31 Å². The molecule has 0 radical (unpaired) electrons. The fourth-order valence-corrected chi connectivity index (χ4v) is 3.31. The number of nitrogens with zero attached hydrogens (tertiary/aromatic N) is 1. The van der Waals surface area contributed by atoms with Gasteiger partial charge in [0.1, 0.15) is 5.82 Å². The Kier molecular flexibility index (Phi) is 6.65. The summed E-state index contributed by atoms with van der Waals surface area (Å²) in [6.45, 7) is 1.45. The molecule has 0 bridgehead atoms. The maximum absolute atomic E-state index is 12.9. The number of amides is 1. The molecule has 0 aromatic heterocycles. The van der Waals surface area contributed by atoms with Crippen molar-refractivity contribution in [2.45, 2.75) is 11.8 Å². The van der Waals surface area contributed by atoms with Crippen LogP contribution in [0.1, 0.15) is 17.3 Å². The summed E-state index contributed by atoms with van der Waals surface area (Å²) in [5.41, 5.74) is 0.582. The van der Waals surface area contributed by atoms with Crippen molar-refractivity contribution in [1.29, 1.82) is 0 Å². The van der Waals surface area contributed by atoms with Gasteiger partial charge < -0.3 is 10.1 Å². The third kappa shape index (κ3) is 5.35. The molecule has 2 aromatic carbocycles. The van der Waals surface area contributed by atoms with Crippen molar-refractivity contribution in [3.8, 4) is 0 Å². The molecule has 1 N–H and O–H groups in total. The lowest BCUT2D eigenvalue weighted by Crippen LogP contribution is -2.35. The summed E-state index contributed by atoms with van der Waals surface area (Å²) in [6, 6.07) is 10.3. The van der Waals surface area contributed by atoms with Crippen LogP contribution in [-0.2, 0) is 19.6 Å². The topological polar surface area (TPSA) is 92.8 Å². The van der Waals surface area contributed by atoms with Crippen LogP contribution in [0.25, 0.3) is 0 Å². The Balaban J connectivity index is 2.05. The van der Waals surface area contributed by atoms with Gasteiger partial charge in [-0.3, -0.25) is 4.79 Å². The Morgan fingerprint density at radius 3 is 2.22 bits per heavy atom. The van der Waals surface area contributed by atoms with Crippen LogP contribution in [0.15, 0.2) is 53.4 Å². The monoisotopic (exact) mass is 394 g/mol. The molecule has 0 atom stereocenters. The molecule has 0 fully saturated rings. The van der Waals surface area contributed by atoms with Gasteiger partial charge in [-0.05, 0) is 55.5 Å². The summed E-state index contributed by atoms with van der Waals surface area (Å²) in [6.07, 6.45) is 0. The molecule has 0 saturated carbocycles. The van der Waals surface area contributed by atoms with Gasteiger partial charge in [0.15, 0.2) is 0 Å². The number of rotatable bonds is 7. The minimum Gasteiger partial charge on any atom is -0.462 e. The number of benzene rings is 2. The number of ether oxygens (including phenoxy) is 1. The van der Waals surface area contributed by atoms with E-state index < -0.39 is 34.3 Å². The van der Waals surface area contributed by atoms with E-state index in [2.05, 4.69) is 5.32 Å². The lowest BCUT2D eigenvalue weighted by molar-refractivity contribution is -0.116. The Morgan fingerprint density at radius 1 is 1.07 bits per heavy atom. The third-order valence-electron chi connectivity index (χ3n) is 3.57. The first-order chi connectivity index (χ1) is 12.7. The molecule has 144 valence electrons. The number of hydrogen-bond donors (Lipinski definition) is 1. The normalized spacial score (nSPS) is 11.3. The first-order valence-electron chi connectivity index (χ1n) is 8.03. The number of carbonyl (C=O) groups is 2. The van der Waals surface area contributed by atoms with E-state index >= 15 is 0 Å². The second-order valence-electron chi connectivity index (χ2n) is 5.56. The molecule has 2 aromatic rings. The molecule has 1 amide bonds. The van der Waals surface area contributed by atoms with Gasteiger partial charge in [0.2, 0.25) is 15.9 Å². The predicted molar refractivity (Wildman–Crippen MR) is 97.2 cm³/mol. The highest BCUT2D eigenvalue weighted by Gasteiger charge is 2.23. The molecular formula is C18H19FN2O5S. The minimum absolute atomic E-state index is 0.0624. The lowest BCUT2D eigenvalue weighted by atomic mass is 10.2. The van der Waals surface area contributed by atoms with E-state index in [0.29, 0.717) is 5.69 Å². The molecule has 0 unspecified atom stereocenters. The van der Waals surface area contributed by atoms with Crippen molar-refractivity contribution in [3.05, 3.63) is 59.9 Å². The van der Waals surface area contributed by atoms with Gasteiger partial charge in [-0.1, -0.05) is 0 Å². The molecule has 0 saturated heterocycles. The van der Waals surface area contributed by atoms with Crippen LogP contribution < -0.4 is 5.32 Å². The average Bonchev–Trinajstić information content (AvgIpc) is 2.63. The number of hydrogen-bond acceptors (Lipinski definition) is 5. The second kappa shape index (κ2) is 8.74. The van der Waals surface area contributed by atoms with Gasteiger partial charge in [-0.25, -0.2) is 17.6 Å². The standard InChI is InChI=1S/C18H19FN2O5S/c1-3-26-18(23)13-4-10-16(11-5-13)27(24,25)21(2)12-17(22)20-15-8-6-14(19)7-9-15/h4-11H,3,12H2,1-2H3,(H,20,22). The van der Waals surface area contributed by atoms with Crippen LogP contribution in [0.2, 0.25) is 0 Å². The third-order valence-corrected chi connectivity index (χ3v) is 5.39. The molecular weight excluding hydrogens is 375 g/mol. The first-order valence-corrected chi connectivity index (χ1v) is 9.47. The highest BCUT2D eigenvalue weighted by molar-refractivity contribution is 7.89. The molecule has 0 heterocycles. The zero-order valence-electron chi connectivity index (χ0n) is 14.8. The van der Waals surface area contributed by atoms with Crippen molar-refractivity contribution in [2.24, 2.45) is 0 Å². The Hall–Kier alpha value is -2.78. The maximum atomic E-state index is 12.9. The highest BCUT2D eigenvalue weighted by Crippen LogP contribution is 2.16. The molecule has 7 nitrogen and oxygen atoms in total. The molecule has 0 spiro atoms. The Bertz CT molecular complexity index is 912. The molecule has 9 heteroatoms. The number of likely N-dealkylation sites (N-methyl/N-ethyl adjacent to an activating group) is 1. The zero-order valence-corrected chi connectivity index (χ0v) is 15.6. The minimum atomic E-state index is -3.93. The predicted octanol–water partition coefficient (Wildman–Crippen LogP) is 2.26. The molecule has 0 aliphatic carbocycles. The van der Waals surface area contributed by atoms with E-state index in [1.54, 1.807) is 6.92 Å². The van der Waals surface area contributed by atoms with E-state index in [1.807, 2.05) is 0 Å². The summed E-state index contributed by atoms with van der Waals surface area (Å²) < 4.78 is 43.7. The van der Waals surface area contributed by atoms with Crippen LogP contribution in [-0.4, -0.2) is 44.8 Å². The van der Waals surface area contributed by atoms with Crippen LogP contribution >= 0.6 is 0 Å². The van der Waals surface area contributed by atoms with Crippen LogP contribution in [0.4, 0.5) is 10.1 Å². The summed E-state index contributed by atoms with van der Waals surface area (Å²) in [5, 5.41) is 2.49. The van der Waals surface area contributed by atoms with Gasteiger partial charge in [0.25, 0.3) is 0 Å². The van der Waals surface area contributed by atoms with Gasteiger partial charge in [0, 0.05) is 12.7 Å². The number of sulfonamides is 1. The van der Waals surface area contributed by atoms with Crippen LogP contribution in [0.5, 0.6) is 0 Å². The summed E-state index contributed by atoms with van der Waals surface area (Å²) >= 11 is 0. The van der Waals surface area contributed by atoms with E-state index in [1.165, 1.54) is 55.6 Å². The maximum Gasteiger partial charge on any atom is 0.338 e. The molecule has 27 heavy (non-hydrogen) atoms. The van der Waals surface area contributed by atoms with E-state index in [9.17, 15) is 22.4 Å². The number of nitrogens with one attached hydrogen (secondary N) is 1. The van der Waals surface area contributed by atoms with Crippen molar-refractivity contribution >= 4 is 27.6 Å². The fraction of sp³-hybridized carbons (Fsp3) is 0.222.